The van der Waals surface area contributed by atoms with Crippen molar-refractivity contribution in [3.63, 3.8) is 0 Å². The van der Waals surface area contributed by atoms with Crippen LogP contribution < -0.4 is 5.73 Å². The lowest BCUT2D eigenvalue weighted by Crippen LogP contribution is -1.98. The fourth-order valence-electron chi connectivity index (χ4n) is 1.59. The first kappa shape index (κ1) is 21.2. The molecule has 0 unspecified atom stereocenters. The number of hydrogen-bond donors (Lipinski definition) is 5. The number of aromatic hydroxyl groups is 2. The minimum Gasteiger partial charge on any atom is -0.505 e. The molecule has 0 aromatic heterocycles. The third-order valence-electron chi connectivity index (χ3n) is 2.74. The third-order valence-corrected chi connectivity index (χ3v) is 2.74. The van der Waals surface area contributed by atoms with E-state index in [1.807, 2.05) is 0 Å². The van der Waals surface area contributed by atoms with Crippen molar-refractivity contribution in [1.82, 2.24) is 0 Å². The summed E-state index contributed by atoms with van der Waals surface area (Å²) in [5, 5.41) is 45.4. The summed E-state index contributed by atoms with van der Waals surface area (Å²) in [7, 11) is 0. The number of benzene rings is 2. The van der Waals surface area contributed by atoms with Gasteiger partial charge in [0.15, 0.2) is 5.75 Å². The molecule has 2 aromatic rings. The van der Waals surface area contributed by atoms with E-state index in [2.05, 4.69) is 0 Å². The van der Waals surface area contributed by atoms with Crippen molar-refractivity contribution in [1.29, 1.82) is 0 Å². The largest absolute Gasteiger partial charge is 0.505 e. The number of rotatable bonds is 3. The van der Waals surface area contributed by atoms with E-state index in [0.717, 1.165) is 12.1 Å². The second-order valence-corrected chi connectivity index (χ2v) is 4.28. The molecule has 0 aliphatic heterocycles. The standard InChI is InChI=1S/C7H5NO5.C7H7NO3.CH4/c9-6-4(7(10)11)2-1-3-5(6)8(12)13;8-5-3-1-2-4(6(5)9)7(10)11;/h1-3,9H,(H,10,11);1-3,9H,8H2,(H,10,11);1H4. The number of nitro benzene ring substituents is 1. The molecule has 0 fully saturated rings. The van der Waals surface area contributed by atoms with Gasteiger partial charge in [-0.15, -0.1) is 0 Å². The number of hydrogen-bond acceptors (Lipinski definition) is 7. The van der Waals surface area contributed by atoms with Crippen LogP contribution in [0.15, 0.2) is 36.4 Å². The van der Waals surface area contributed by atoms with Crippen molar-refractivity contribution in [3.05, 3.63) is 57.6 Å². The third kappa shape index (κ3) is 5.10. The SMILES string of the molecule is C.Nc1cccc(C(=O)O)c1O.O=C(O)c1cccc([N+](=O)[O-])c1O. The summed E-state index contributed by atoms with van der Waals surface area (Å²) in [6.45, 7) is 0. The molecule has 10 nitrogen and oxygen atoms in total. The molecule has 25 heavy (non-hydrogen) atoms. The van der Waals surface area contributed by atoms with E-state index >= 15 is 0 Å². The number of anilines is 1. The zero-order chi connectivity index (χ0) is 18.4. The quantitative estimate of drug-likeness (QED) is 0.239. The number of nitrogen functional groups attached to an aromatic ring is 1. The zero-order valence-corrected chi connectivity index (χ0v) is 11.9. The molecule has 0 aliphatic carbocycles. The molecular weight excluding hydrogens is 336 g/mol. The van der Waals surface area contributed by atoms with Crippen LogP contribution in [-0.4, -0.2) is 37.3 Å². The molecule has 6 N–H and O–H groups in total. The van der Waals surface area contributed by atoms with Crippen LogP contribution in [0, 0.1) is 10.1 Å². The van der Waals surface area contributed by atoms with Gasteiger partial charge in [-0.3, -0.25) is 10.1 Å². The Kier molecular flexibility index (Phi) is 7.39. The zero-order valence-electron chi connectivity index (χ0n) is 11.9. The monoisotopic (exact) mass is 352 g/mol. The summed E-state index contributed by atoms with van der Waals surface area (Å²) < 4.78 is 0. The highest BCUT2D eigenvalue weighted by Crippen LogP contribution is 2.28. The Balaban J connectivity index is 0.000000449. The molecule has 0 saturated carbocycles. The van der Waals surface area contributed by atoms with Crippen LogP contribution in [0.4, 0.5) is 11.4 Å². The normalized spacial score (nSPS) is 9.12. The molecule has 0 aliphatic rings. The fraction of sp³-hybridized carbons (Fsp3) is 0.0667. The average molecular weight is 352 g/mol. The van der Waals surface area contributed by atoms with Crippen LogP contribution in [-0.2, 0) is 0 Å². The number of nitrogens with zero attached hydrogens (tertiary/aromatic N) is 1. The molecule has 0 amide bonds. The second-order valence-electron chi connectivity index (χ2n) is 4.28. The number of carboxylic acids is 2. The number of carboxylic acid groups (broad SMARTS) is 2. The molecule has 134 valence electrons. The highest BCUT2D eigenvalue weighted by Gasteiger charge is 2.19. The van der Waals surface area contributed by atoms with E-state index in [1.54, 1.807) is 0 Å². The Labute approximate surface area is 141 Å². The highest BCUT2D eigenvalue weighted by atomic mass is 16.6. The maximum atomic E-state index is 10.4. The number of aromatic carboxylic acids is 2. The first-order valence-electron chi connectivity index (χ1n) is 6.17. The molecule has 10 heteroatoms. The van der Waals surface area contributed by atoms with Crippen LogP contribution in [0.3, 0.4) is 0 Å². The first-order chi connectivity index (χ1) is 11.2. The second kappa shape index (κ2) is 8.72. The molecule has 0 atom stereocenters. The molecule has 0 bridgehead atoms. The smallest absolute Gasteiger partial charge is 0.339 e. The van der Waals surface area contributed by atoms with Gasteiger partial charge < -0.3 is 26.2 Å². The lowest BCUT2D eigenvalue weighted by Gasteiger charge is -2.00. The van der Waals surface area contributed by atoms with Crippen LogP contribution in [0.2, 0.25) is 0 Å². The average Bonchev–Trinajstić information content (AvgIpc) is 2.50. The predicted octanol–water partition coefficient (Wildman–Crippen LogP) is 2.31. The Bertz CT molecular complexity index is 772. The van der Waals surface area contributed by atoms with Gasteiger partial charge in [-0.2, -0.15) is 0 Å². The molecule has 0 saturated heterocycles. The van der Waals surface area contributed by atoms with Crippen LogP contribution in [0.5, 0.6) is 11.5 Å². The Morgan fingerprint density at radius 1 is 0.920 bits per heavy atom. The van der Waals surface area contributed by atoms with Gasteiger partial charge in [-0.1, -0.05) is 19.6 Å². The lowest BCUT2D eigenvalue weighted by atomic mass is 10.2. The van der Waals surface area contributed by atoms with Crippen LogP contribution in [0.1, 0.15) is 28.1 Å². The van der Waals surface area contributed by atoms with Crippen LogP contribution in [0.25, 0.3) is 0 Å². The van der Waals surface area contributed by atoms with E-state index in [9.17, 15) is 19.7 Å². The Hall–Kier alpha value is -3.82. The number of nitro groups is 1. The van der Waals surface area contributed by atoms with E-state index in [-0.39, 0.29) is 24.4 Å². The van der Waals surface area contributed by atoms with Gasteiger partial charge in [0.05, 0.1) is 10.6 Å². The molecule has 2 aromatic carbocycles. The number of para-hydroxylation sites is 2. The van der Waals surface area contributed by atoms with Gasteiger partial charge in [-0.25, -0.2) is 9.59 Å². The summed E-state index contributed by atoms with van der Waals surface area (Å²) in [4.78, 5) is 30.2. The molecule has 0 radical (unpaired) electrons. The van der Waals surface area contributed by atoms with Gasteiger partial charge in [-0.05, 0) is 18.2 Å². The van der Waals surface area contributed by atoms with E-state index < -0.39 is 33.9 Å². The van der Waals surface area contributed by atoms with Gasteiger partial charge in [0.1, 0.15) is 11.1 Å². The summed E-state index contributed by atoms with van der Waals surface area (Å²) >= 11 is 0. The van der Waals surface area contributed by atoms with E-state index in [1.165, 1.54) is 24.3 Å². The maximum absolute atomic E-state index is 10.4. The van der Waals surface area contributed by atoms with E-state index in [0.29, 0.717) is 0 Å². The van der Waals surface area contributed by atoms with Crippen LogP contribution >= 0.6 is 0 Å². The summed E-state index contributed by atoms with van der Waals surface area (Å²) in [6.07, 6.45) is 0. The van der Waals surface area contributed by atoms with Gasteiger partial charge in [0, 0.05) is 6.07 Å². The highest BCUT2D eigenvalue weighted by molar-refractivity contribution is 5.93. The van der Waals surface area contributed by atoms with Crippen molar-refractivity contribution in [3.8, 4) is 11.5 Å². The number of phenols is 2. The summed E-state index contributed by atoms with van der Waals surface area (Å²) in [5.41, 5.74) is 4.05. The topological polar surface area (TPSA) is 184 Å². The fourth-order valence-corrected chi connectivity index (χ4v) is 1.59. The Morgan fingerprint density at radius 3 is 1.76 bits per heavy atom. The van der Waals surface area contributed by atoms with E-state index in [4.69, 9.17) is 26.2 Å². The summed E-state index contributed by atoms with van der Waals surface area (Å²) in [6, 6.07) is 7.50. The minimum absolute atomic E-state index is 0. The first-order valence-corrected chi connectivity index (χ1v) is 6.17. The molecule has 0 spiro atoms. The van der Waals surface area contributed by atoms with Crippen molar-refractivity contribution in [2.24, 2.45) is 0 Å². The summed E-state index contributed by atoms with van der Waals surface area (Å²) in [5.74, 6) is -3.78. The van der Waals surface area contributed by atoms with Crippen molar-refractivity contribution < 1.29 is 34.9 Å². The molecule has 0 heterocycles. The van der Waals surface area contributed by atoms with Gasteiger partial charge >= 0.3 is 17.6 Å². The number of nitrogens with two attached hydrogens (primary N) is 1. The molecule has 2 rings (SSSR count). The van der Waals surface area contributed by atoms with Gasteiger partial charge in [0.25, 0.3) is 0 Å². The Morgan fingerprint density at radius 2 is 1.36 bits per heavy atom. The number of carbonyl (C=O) groups is 2. The van der Waals surface area contributed by atoms with Crippen molar-refractivity contribution in [2.75, 3.05) is 5.73 Å². The van der Waals surface area contributed by atoms with Crippen molar-refractivity contribution in [2.45, 2.75) is 7.43 Å². The minimum atomic E-state index is -1.40. The van der Waals surface area contributed by atoms with Crippen molar-refractivity contribution >= 4 is 23.3 Å². The maximum Gasteiger partial charge on any atom is 0.339 e. The van der Waals surface area contributed by atoms with Gasteiger partial charge in [0.2, 0.25) is 5.75 Å². The molecular formula is C15H16N2O8. The predicted molar refractivity (Wildman–Crippen MR) is 87.9 cm³/mol. The lowest BCUT2D eigenvalue weighted by molar-refractivity contribution is -0.385.